The first kappa shape index (κ1) is 22.4. The van der Waals surface area contributed by atoms with Crippen LogP contribution in [0.3, 0.4) is 0 Å². The first-order valence-electron chi connectivity index (χ1n) is 9.95. The summed E-state index contributed by atoms with van der Waals surface area (Å²) in [6, 6.07) is 0. The molecule has 0 aromatic rings. The first-order chi connectivity index (χ1) is 10.7. The van der Waals surface area contributed by atoms with Gasteiger partial charge in [-0.15, -0.1) is 7.92 Å². The second kappa shape index (κ2) is 14.9. The molecule has 0 aliphatic carbocycles. The van der Waals surface area contributed by atoms with Crippen molar-refractivity contribution in [2.75, 3.05) is 25.6 Å². The van der Waals surface area contributed by atoms with Gasteiger partial charge < -0.3 is 4.74 Å². The van der Waals surface area contributed by atoms with E-state index in [1.54, 1.807) is 0 Å². The fourth-order valence-electron chi connectivity index (χ4n) is 3.40. The van der Waals surface area contributed by atoms with E-state index in [-0.39, 0.29) is 5.60 Å². The lowest BCUT2D eigenvalue weighted by Gasteiger charge is -2.32. The Kier molecular flexibility index (Phi) is 15.2. The maximum absolute atomic E-state index is 5.99. The highest BCUT2D eigenvalue weighted by Gasteiger charge is 2.26. The van der Waals surface area contributed by atoms with Gasteiger partial charge in [-0.2, -0.15) is 0 Å². The van der Waals surface area contributed by atoms with E-state index in [0.29, 0.717) is 7.92 Å². The molecule has 0 aromatic heterocycles. The minimum atomic E-state index is 0.173. The van der Waals surface area contributed by atoms with Crippen molar-refractivity contribution < 1.29 is 4.74 Å². The molecule has 0 aliphatic heterocycles. The molecule has 1 unspecified atom stereocenters. The molecule has 0 aliphatic rings. The van der Waals surface area contributed by atoms with E-state index in [0.717, 1.165) is 0 Å². The van der Waals surface area contributed by atoms with Gasteiger partial charge in [-0.1, -0.05) is 72.6 Å². The van der Waals surface area contributed by atoms with Crippen LogP contribution < -0.4 is 0 Å². The third kappa shape index (κ3) is 10.2. The highest BCUT2D eigenvalue weighted by Crippen LogP contribution is 2.37. The van der Waals surface area contributed by atoms with Gasteiger partial charge in [-0.05, 0) is 44.2 Å². The number of hydrogen-bond donors (Lipinski definition) is 0. The van der Waals surface area contributed by atoms with Gasteiger partial charge >= 0.3 is 0 Å². The van der Waals surface area contributed by atoms with Gasteiger partial charge in [-0.3, -0.25) is 0 Å². The van der Waals surface area contributed by atoms with E-state index in [2.05, 4.69) is 27.7 Å². The predicted molar refractivity (Wildman–Crippen MR) is 105 cm³/mol. The topological polar surface area (TPSA) is 9.23 Å². The number of ether oxygens (including phenoxy) is 1. The second-order valence-electron chi connectivity index (χ2n) is 6.74. The van der Waals surface area contributed by atoms with Crippen molar-refractivity contribution in [3.8, 4) is 0 Å². The van der Waals surface area contributed by atoms with Gasteiger partial charge in [0, 0.05) is 7.11 Å². The zero-order chi connectivity index (χ0) is 16.7. The van der Waals surface area contributed by atoms with E-state index >= 15 is 0 Å². The molecule has 0 radical (unpaired) electrons. The van der Waals surface area contributed by atoms with E-state index in [1.165, 1.54) is 89.1 Å². The summed E-state index contributed by atoms with van der Waals surface area (Å²) in [6.07, 6.45) is 19.1. The Morgan fingerprint density at radius 1 is 0.727 bits per heavy atom. The normalized spacial score (nSPS) is 14.5. The fourth-order valence-corrected chi connectivity index (χ4v) is 5.08. The van der Waals surface area contributed by atoms with Crippen molar-refractivity contribution in [1.82, 2.24) is 0 Å². The van der Waals surface area contributed by atoms with Crippen LogP contribution in [0.5, 0.6) is 0 Å². The highest BCUT2D eigenvalue weighted by molar-refractivity contribution is 7.57. The van der Waals surface area contributed by atoms with Crippen LogP contribution in [-0.4, -0.2) is 31.2 Å². The van der Waals surface area contributed by atoms with Crippen LogP contribution in [0.25, 0.3) is 0 Å². The molecule has 0 N–H and O–H groups in total. The molecule has 0 heterocycles. The van der Waals surface area contributed by atoms with Crippen LogP contribution >= 0.6 is 7.92 Å². The van der Waals surface area contributed by atoms with Gasteiger partial charge in [-0.25, -0.2) is 0 Å². The molecule has 2 heteroatoms. The van der Waals surface area contributed by atoms with Crippen LogP contribution in [0.15, 0.2) is 0 Å². The molecule has 0 saturated heterocycles. The molecule has 1 atom stereocenters. The van der Waals surface area contributed by atoms with Crippen molar-refractivity contribution in [1.29, 1.82) is 0 Å². The molecule has 0 aromatic carbocycles. The Bertz CT molecular complexity index is 222. The third-order valence-corrected chi connectivity index (χ3v) is 8.05. The lowest BCUT2D eigenvalue weighted by molar-refractivity contribution is -0.0296. The number of rotatable bonds is 16. The van der Waals surface area contributed by atoms with E-state index in [4.69, 9.17) is 4.74 Å². The largest absolute Gasteiger partial charge is 0.378 e. The Hall–Kier alpha value is 0.390. The van der Waals surface area contributed by atoms with Gasteiger partial charge in [0.05, 0.1) is 5.60 Å². The molecule has 0 rings (SSSR count). The van der Waals surface area contributed by atoms with Gasteiger partial charge in [0.15, 0.2) is 0 Å². The van der Waals surface area contributed by atoms with Crippen LogP contribution in [0.2, 0.25) is 0 Å². The summed E-state index contributed by atoms with van der Waals surface area (Å²) in [5, 5.41) is 0. The smallest absolute Gasteiger partial charge is 0.0676 e. The first-order valence-corrected chi connectivity index (χ1v) is 11.8. The summed E-state index contributed by atoms with van der Waals surface area (Å²) in [5.74, 6) is 0. The van der Waals surface area contributed by atoms with Crippen LogP contribution in [0.4, 0.5) is 0 Å². The standard InChI is InChI=1S/C20H43OP/c1-6-10-11-12-13-14-15-17-20(7-2,21-5)18-16-19-22(8-3)9-4/h6-19H2,1-5H3. The summed E-state index contributed by atoms with van der Waals surface area (Å²) >= 11 is 0. The predicted octanol–water partition coefficient (Wildman–Crippen LogP) is 7.22. The summed E-state index contributed by atoms with van der Waals surface area (Å²) in [7, 11) is 2.24. The lowest BCUT2D eigenvalue weighted by atomic mass is 9.88. The Morgan fingerprint density at radius 3 is 1.77 bits per heavy atom. The van der Waals surface area contributed by atoms with Gasteiger partial charge in [0.25, 0.3) is 0 Å². The molecule has 0 saturated carbocycles. The van der Waals surface area contributed by atoms with Crippen molar-refractivity contribution in [3.63, 3.8) is 0 Å². The van der Waals surface area contributed by atoms with Crippen molar-refractivity contribution in [2.24, 2.45) is 0 Å². The average Bonchev–Trinajstić information content (AvgIpc) is 2.56. The Balaban J connectivity index is 3.94. The van der Waals surface area contributed by atoms with Crippen molar-refractivity contribution >= 4 is 7.92 Å². The zero-order valence-electron chi connectivity index (χ0n) is 16.3. The monoisotopic (exact) mass is 330 g/mol. The number of hydrogen-bond acceptors (Lipinski definition) is 1. The molecule has 0 fully saturated rings. The lowest BCUT2D eigenvalue weighted by Crippen LogP contribution is -2.30. The summed E-state index contributed by atoms with van der Waals surface area (Å²) in [6.45, 7) is 9.32. The van der Waals surface area contributed by atoms with Crippen LogP contribution in [0.1, 0.15) is 98.3 Å². The SMILES string of the molecule is CCCCCCCCCC(CC)(CCCP(CC)CC)OC. The molecule has 22 heavy (non-hydrogen) atoms. The van der Waals surface area contributed by atoms with Crippen molar-refractivity contribution in [3.05, 3.63) is 0 Å². The van der Waals surface area contributed by atoms with E-state index < -0.39 is 0 Å². The zero-order valence-corrected chi connectivity index (χ0v) is 17.1. The molecular formula is C20H43OP. The maximum atomic E-state index is 5.99. The average molecular weight is 331 g/mol. The summed E-state index contributed by atoms with van der Waals surface area (Å²) in [5.41, 5.74) is 0.173. The molecule has 0 bridgehead atoms. The van der Waals surface area contributed by atoms with E-state index in [9.17, 15) is 0 Å². The van der Waals surface area contributed by atoms with Crippen LogP contribution in [0, 0.1) is 0 Å². The maximum Gasteiger partial charge on any atom is 0.0676 e. The quantitative estimate of drug-likeness (QED) is 0.214. The third-order valence-electron chi connectivity index (χ3n) is 5.31. The molecule has 134 valence electrons. The Labute approximate surface area is 142 Å². The van der Waals surface area contributed by atoms with E-state index in [1.807, 2.05) is 7.11 Å². The van der Waals surface area contributed by atoms with Crippen molar-refractivity contribution in [2.45, 2.75) is 104 Å². The van der Waals surface area contributed by atoms with Gasteiger partial charge in [0.1, 0.15) is 0 Å². The Morgan fingerprint density at radius 2 is 1.27 bits per heavy atom. The minimum absolute atomic E-state index is 0.173. The molecule has 0 spiro atoms. The fraction of sp³-hybridized carbons (Fsp3) is 1.00. The summed E-state index contributed by atoms with van der Waals surface area (Å²) < 4.78 is 5.99. The van der Waals surface area contributed by atoms with Gasteiger partial charge in [0.2, 0.25) is 0 Å². The number of methoxy groups -OCH3 is 1. The minimum Gasteiger partial charge on any atom is -0.378 e. The molecule has 0 amide bonds. The summed E-state index contributed by atoms with van der Waals surface area (Å²) in [4.78, 5) is 0. The van der Waals surface area contributed by atoms with Crippen LogP contribution in [-0.2, 0) is 4.74 Å². The molecule has 1 nitrogen and oxygen atoms in total. The second-order valence-corrected chi connectivity index (χ2v) is 9.80. The molecular weight excluding hydrogens is 287 g/mol. The highest BCUT2D eigenvalue weighted by atomic mass is 31.1. The number of unbranched alkanes of at least 4 members (excludes halogenated alkanes) is 6.